The highest BCUT2D eigenvalue weighted by Gasteiger charge is 2.20. The Balaban J connectivity index is 1.39. The zero-order valence-corrected chi connectivity index (χ0v) is 19.5. The number of nitrogens with zero attached hydrogens (tertiary/aromatic N) is 4. The summed E-state index contributed by atoms with van der Waals surface area (Å²) in [5.41, 5.74) is 9.01. The summed E-state index contributed by atoms with van der Waals surface area (Å²) in [6.07, 6.45) is 7.80. The number of hydrazine groups is 1. The highest BCUT2D eigenvalue weighted by atomic mass is 16.5. The largest absolute Gasteiger partial charge is 0.488 e. The van der Waals surface area contributed by atoms with Crippen molar-refractivity contribution >= 4 is 11.6 Å². The number of nitrogens with two attached hydrogens (primary N) is 2. The molecule has 10 heteroatoms. The van der Waals surface area contributed by atoms with Gasteiger partial charge in [0.05, 0.1) is 42.5 Å². The summed E-state index contributed by atoms with van der Waals surface area (Å²) in [6.45, 7) is 3.71. The quantitative estimate of drug-likeness (QED) is 0.360. The van der Waals surface area contributed by atoms with Crippen LogP contribution in [0.25, 0.3) is 5.70 Å². The van der Waals surface area contributed by atoms with Gasteiger partial charge in [-0.05, 0) is 36.6 Å². The Bertz CT molecular complexity index is 949. The Labute approximate surface area is 194 Å². The van der Waals surface area contributed by atoms with Crippen LogP contribution in [0.2, 0.25) is 0 Å². The van der Waals surface area contributed by atoms with Crippen LogP contribution < -0.4 is 21.6 Å². The molecule has 1 saturated carbocycles. The molecule has 1 aliphatic carbocycles. The Hall–Kier alpha value is -2.85. The lowest BCUT2D eigenvalue weighted by atomic mass is 9.82. The van der Waals surface area contributed by atoms with Crippen molar-refractivity contribution in [3.8, 4) is 5.75 Å². The summed E-state index contributed by atoms with van der Waals surface area (Å²) < 4.78 is 16.9. The van der Waals surface area contributed by atoms with Gasteiger partial charge < -0.3 is 30.1 Å². The Morgan fingerprint density at radius 1 is 1.21 bits per heavy atom. The molecule has 0 amide bonds. The summed E-state index contributed by atoms with van der Waals surface area (Å²) in [5.74, 6) is 8.71. The van der Waals surface area contributed by atoms with Gasteiger partial charge in [-0.25, -0.2) is 10.8 Å². The fraction of sp³-hybridized carbons (Fsp3) is 0.609. The zero-order chi connectivity index (χ0) is 23.2. The van der Waals surface area contributed by atoms with E-state index in [0.717, 1.165) is 56.3 Å². The maximum atomic E-state index is 6.45. The van der Waals surface area contributed by atoms with E-state index in [4.69, 9.17) is 25.6 Å². The molecule has 1 saturated heterocycles. The molecule has 2 aliphatic rings. The highest BCUT2D eigenvalue weighted by molar-refractivity contribution is 5.64. The minimum Gasteiger partial charge on any atom is -0.488 e. The molecule has 10 nitrogen and oxygen atoms in total. The Kier molecular flexibility index (Phi) is 7.66. The molecule has 3 heterocycles. The topological polar surface area (TPSA) is 138 Å². The van der Waals surface area contributed by atoms with Crippen LogP contribution in [0.15, 0.2) is 22.4 Å². The van der Waals surface area contributed by atoms with E-state index in [1.165, 1.54) is 24.3 Å². The van der Waals surface area contributed by atoms with Gasteiger partial charge >= 0.3 is 0 Å². The summed E-state index contributed by atoms with van der Waals surface area (Å²) in [4.78, 5) is 9.09. The Morgan fingerprint density at radius 3 is 2.67 bits per heavy atom. The molecular formula is C23H35N7O3. The number of aromatic nitrogens is 3. The molecule has 2 aromatic heterocycles. The number of ether oxygens (including phenoxy) is 2. The highest BCUT2D eigenvalue weighted by Crippen LogP contribution is 2.30. The van der Waals surface area contributed by atoms with E-state index in [9.17, 15) is 0 Å². The van der Waals surface area contributed by atoms with Crippen LogP contribution in [0.1, 0.15) is 55.8 Å². The van der Waals surface area contributed by atoms with E-state index in [0.29, 0.717) is 35.5 Å². The molecule has 2 fully saturated rings. The van der Waals surface area contributed by atoms with Crippen LogP contribution in [0.3, 0.4) is 0 Å². The lowest BCUT2D eigenvalue weighted by Crippen LogP contribution is -2.32. The SMILES string of the molecule is Cc1nc(/C(N)=C(\CNc2noc(CCC3CCC3)n2)N(C)N)ccc1OC1CCOCC1. The van der Waals surface area contributed by atoms with Crippen molar-refractivity contribution in [2.24, 2.45) is 17.5 Å². The van der Waals surface area contributed by atoms with Gasteiger partial charge in [0.1, 0.15) is 11.9 Å². The second kappa shape index (κ2) is 10.8. The first-order valence-corrected chi connectivity index (χ1v) is 11.8. The van der Waals surface area contributed by atoms with Gasteiger partial charge in [0.25, 0.3) is 5.95 Å². The minimum absolute atomic E-state index is 0.154. The van der Waals surface area contributed by atoms with Crippen LogP contribution in [0, 0.1) is 12.8 Å². The van der Waals surface area contributed by atoms with Gasteiger partial charge in [-0.3, -0.25) is 0 Å². The van der Waals surface area contributed by atoms with Crippen molar-refractivity contribution in [3.05, 3.63) is 35.1 Å². The van der Waals surface area contributed by atoms with E-state index in [1.807, 2.05) is 19.1 Å². The van der Waals surface area contributed by atoms with Gasteiger partial charge in [0, 0.05) is 26.3 Å². The molecule has 0 bridgehead atoms. The number of hydrogen-bond acceptors (Lipinski definition) is 10. The molecule has 0 atom stereocenters. The van der Waals surface area contributed by atoms with Crippen molar-refractivity contribution in [1.29, 1.82) is 0 Å². The van der Waals surface area contributed by atoms with Crippen LogP contribution >= 0.6 is 0 Å². The molecule has 0 unspecified atom stereocenters. The number of aryl methyl sites for hydroxylation is 2. The maximum absolute atomic E-state index is 6.45. The molecule has 180 valence electrons. The van der Waals surface area contributed by atoms with E-state index in [1.54, 1.807) is 7.05 Å². The molecule has 0 aromatic carbocycles. The first kappa shape index (κ1) is 23.3. The van der Waals surface area contributed by atoms with Crippen molar-refractivity contribution in [2.45, 2.75) is 58.0 Å². The second-order valence-electron chi connectivity index (χ2n) is 8.88. The summed E-state index contributed by atoms with van der Waals surface area (Å²) in [7, 11) is 1.74. The Morgan fingerprint density at radius 2 is 2.00 bits per heavy atom. The van der Waals surface area contributed by atoms with Crippen molar-refractivity contribution < 1.29 is 14.0 Å². The van der Waals surface area contributed by atoms with Gasteiger partial charge in [-0.2, -0.15) is 4.98 Å². The van der Waals surface area contributed by atoms with Crippen molar-refractivity contribution in [2.75, 3.05) is 32.1 Å². The minimum atomic E-state index is 0.154. The van der Waals surface area contributed by atoms with Gasteiger partial charge in [-0.1, -0.05) is 19.3 Å². The number of rotatable bonds is 10. The van der Waals surface area contributed by atoms with Crippen molar-refractivity contribution in [3.63, 3.8) is 0 Å². The third-order valence-electron chi connectivity index (χ3n) is 6.39. The van der Waals surface area contributed by atoms with Gasteiger partial charge in [0.2, 0.25) is 5.89 Å². The van der Waals surface area contributed by atoms with Crippen LogP contribution in [0.4, 0.5) is 5.95 Å². The van der Waals surface area contributed by atoms with E-state index in [2.05, 4.69) is 20.4 Å². The molecule has 2 aromatic rings. The van der Waals surface area contributed by atoms with Gasteiger partial charge in [-0.15, -0.1) is 0 Å². The standard InChI is InChI=1S/C23H35N7O3/c1-15-20(32-17-10-12-31-13-11-17)8-7-18(27-15)22(24)19(30(2)25)14-26-23-28-21(33-29-23)9-6-16-4-3-5-16/h7-8,16-17H,3-6,9-14,24-25H2,1-2H3,(H,26,29)/b22-19-. The summed E-state index contributed by atoms with van der Waals surface area (Å²) in [5, 5.41) is 8.65. The molecule has 0 radical (unpaired) electrons. The maximum Gasteiger partial charge on any atom is 0.263 e. The van der Waals surface area contributed by atoms with Crippen LogP contribution in [-0.2, 0) is 11.2 Å². The molecule has 0 spiro atoms. The second-order valence-corrected chi connectivity index (χ2v) is 8.88. The number of nitrogens with one attached hydrogen (secondary N) is 1. The lowest BCUT2D eigenvalue weighted by Gasteiger charge is -2.24. The lowest BCUT2D eigenvalue weighted by molar-refractivity contribution is 0.0251. The predicted molar refractivity (Wildman–Crippen MR) is 125 cm³/mol. The molecule has 4 rings (SSSR count). The molecule has 1 aliphatic heterocycles. The van der Waals surface area contributed by atoms with Crippen LogP contribution in [-0.4, -0.2) is 53.0 Å². The number of hydrogen-bond donors (Lipinski definition) is 3. The number of anilines is 1. The van der Waals surface area contributed by atoms with Crippen molar-refractivity contribution in [1.82, 2.24) is 20.1 Å². The van der Waals surface area contributed by atoms with E-state index >= 15 is 0 Å². The first-order chi connectivity index (χ1) is 16.0. The summed E-state index contributed by atoms with van der Waals surface area (Å²) in [6, 6.07) is 3.77. The molecular weight excluding hydrogens is 422 g/mol. The smallest absolute Gasteiger partial charge is 0.263 e. The predicted octanol–water partition coefficient (Wildman–Crippen LogP) is 2.61. The third kappa shape index (κ3) is 6.14. The average Bonchev–Trinajstić information content (AvgIpc) is 3.22. The number of likely N-dealkylation sites (N-methyl/N-ethyl adjacent to an activating group) is 1. The zero-order valence-electron chi connectivity index (χ0n) is 19.5. The van der Waals surface area contributed by atoms with E-state index < -0.39 is 0 Å². The summed E-state index contributed by atoms with van der Waals surface area (Å²) >= 11 is 0. The normalized spacial score (nSPS) is 17.9. The van der Waals surface area contributed by atoms with E-state index in [-0.39, 0.29) is 6.10 Å². The first-order valence-electron chi connectivity index (χ1n) is 11.8. The fourth-order valence-corrected chi connectivity index (χ4v) is 4.05. The monoisotopic (exact) mass is 457 g/mol. The average molecular weight is 458 g/mol. The third-order valence-corrected chi connectivity index (χ3v) is 6.39. The van der Waals surface area contributed by atoms with Gasteiger partial charge in [0.15, 0.2) is 0 Å². The van der Waals surface area contributed by atoms with Crippen LogP contribution in [0.5, 0.6) is 5.75 Å². The molecule has 5 N–H and O–H groups in total. The number of pyridine rings is 1. The fourth-order valence-electron chi connectivity index (χ4n) is 4.05. The molecule has 33 heavy (non-hydrogen) atoms.